The predicted octanol–water partition coefficient (Wildman–Crippen LogP) is 3.18. The Bertz CT molecular complexity index is 925. The van der Waals surface area contributed by atoms with Crippen LogP contribution in [0.15, 0.2) is 28.9 Å². The summed E-state index contributed by atoms with van der Waals surface area (Å²) in [5.74, 6) is 0.384. The van der Waals surface area contributed by atoms with Gasteiger partial charge in [-0.05, 0) is 30.9 Å². The van der Waals surface area contributed by atoms with Crippen molar-refractivity contribution in [2.75, 3.05) is 6.54 Å². The number of rotatable bonds is 3. The maximum absolute atomic E-state index is 13.0. The molecule has 0 aliphatic carbocycles. The first kappa shape index (κ1) is 15.9. The van der Waals surface area contributed by atoms with E-state index in [2.05, 4.69) is 47.3 Å². The number of benzene rings is 1. The van der Waals surface area contributed by atoms with Crippen molar-refractivity contribution in [3.63, 3.8) is 0 Å². The van der Waals surface area contributed by atoms with E-state index in [1.54, 1.807) is 0 Å². The van der Waals surface area contributed by atoms with Crippen LogP contribution < -0.4 is 0 Å². The van der Waals surface area contributed by atoms with E-state index in [1.165, 1.54) is 16.6 Å². The van der Waals surface area contributed by atoms with Gasteiger partial charge in [0.05, 0.1) is 12.5 Å². The number of carbonyl (C=O) groups excluding carboxylic acids is 1. The van der Waals surface area contributed by atoms with Crippen LogP contribution in [0.2, 0.25) is 0 Å². The van der Waals surface area contributed by atoms with E-state index in [0.717, 1.165) is 18.5 Å². The Morgan fingerprint density at radius 3 is 2.88 bits per heavy atom. The SMILES string of the molecule is Cc1nonc1CC(=O)N1CCc2c([nH]c3ccccc23)[C@H]1C(C)C. The highest BCUT2D eigenvalue weighted by molar-refractivity contribution is 5.86. The highest BCUT2D eigenvalue weighted by Gasteiger charge is 2.35. The van der Waals surface area contributed by atoms with Crippen LogP contribution in [0.5, 0.6) is 0 Å². The molecule has 0 bridgehead atoms. The van der Waals surface area contributed by atoms with E-state index < -0.39 is 0 Å². The van der Waals surface area contributed by atoms with Gasteiger partial charge in [0.2, 0.25) is 5.91 Å². The zero-order valence-corrected chi connectivity index (χ0v) is 14.7. The number of aromatic amines is 1. The standard InChI is InChI=1S/C19H22N4O2/c1-11(2)19-18-14(13-6-4-5-7-15(13)20-18)8-9-23(19)17(24)10-16-12(3)21-25-22-16/h4-7,11,19-20H,8-10H2,1-3H3/t19-/m1/s1. The maximum atomic E-state index is 13.0. The lowest BCUT2D eigenvalue weighted by molar-refractivity contribution is -0.134. The van der Waals surface area contributed by atoms with Crippen LogP contribution in [0.1, 0.15) is 42.5 Å². The van der Waals surface area contributed by atoms with Crippen LogP contribution in [-0.2, 0) is 17.6 Å². The van der Waals surface area contributed by atoms with Gasteiger partial charge in [0.1, 0.15) is 11.4 Å². The first-order valence-electron chi connectivity index (χ1n) is 8.73. The fourth-order valence-corrected chi connectivity index (χ4v) is 3.90. The monoisotopic (exact) mass is 338 g/mol. The molecule has 1 N–H and O–H groups in total. The van der Waals surface area contributed by atoms with Gasteiger partial charge in [0, 0.05) is 23.1 Å². The molecule has 0 spiro atoms. The molecule has 1 amide bonds. The molecule has 25 heavy (non-hydrogen) atoms. The largest absolute Gasteiger partial charge is 0.356 e. The fourth-order valence-electron chi connectivity index (χ4n) is 3.90. The third-order valence-corrected chi connectivity index (χ3v) is 5.10. The number of fused-ring (bicyclic) bond motifs is 3. The second-order valence-electron chi connectivity index (χ2n) is 7.06. The molecular weight excluding hydrogens is 316 g/mol. The van der Waals surface area contributed by atoms with Crippen molar-refractivity contribution >= 4 is 16.8 Å². The van der Waals surface area contributed by atoms with E-state index in [0.29, 0.717) is 17.3 Å². The van der Waals surface area contributed by atoms with Gasteiger partial charge < -0.3 is 9.88 Å². The number of nitrogens with zero attached hydrogens (tertiary/aromatic N) is 3. The van der Waals surface area contributed by atoms with Crippen molar-refractivity contribution in [2.24, 2.45) is 5.92 Å². The summed E-state index contributed by atoms with van der Waals surface area (Å²) in [7, 11) is 0. The average molecular weight is 338 g/mol. The van der Waals surface area contributed by atoms with Crippen molar-refractivity contribution in [1.29, 1.82) is 0 Å². The molecule has 2 aromatic heterocycles. The van der Waals surface area contributed by atoms with Gasteiger partial charge in [-0.2, -0.15) is 0 Å². The fraction of sp³-hybridized carbons (Fsp3) is 0.421. The average Bonchev–Trinajstić information content (AvgIpc) is 3.17. The van der Waals surface area contributed by atoms with Gasteiger partial charge in [-0.25, -0.2) is 4.63 Å². The molecule has 6 heteroatoms. The molecule has 3 heterocycles. The molecule has 1 aromatic carbocycles. The van der Waals surface area contributed by atoms with Gasteiger partial charge in [0.25, 0.3) is 0 Å². The highest BCUT2D eigenvalue weighted by atomic mass is 16.6. The zero-order chi connectivity index (χ0) is 17.6. The van der Waals surface area contributed by atoms with Gasteiger partial charge in [-0.1, -0.05) is 42.4 Å². The Morgan fingerprint density at radius 2 is 2.16 bits per heavy atom. The first-order chi connectivity index (χ1) is 12.1. The number of hydrogen-bond acceptors (Lipinski definition) is 4. The third kappa shape index (κ3) is 2.62. The molecule has 0 saturated carbocycles. The molecule has 130 valence electrons. The normalized spacial score (nSPS) is 17.3. The van der Waals surface area contributed by atoms with E-state index in [4.69, 9.17) is 4.63 Å². The second-order valence-corrected chi connectivity index (χ2v) is 7.06. The molecule has 1 aliphatic heterocycles. The van der Waals surface area contributed by atoms with Crippen molar-refractivity contribution in [3.05, 3.63) is 46.9 Å². The summed E-state index contributed by atoms with van der Waals surface area (Å²) in [4.78, 5) is 18.5. The molecule has 0 fully saturated rings. The summed E-state index contributed by atoms with van der Waals surface area (Å²) in [6.07, 6.45) is 1.10. The quantitative estimate of drug-likeness (QED) is 0.796. The molecule has 0 saturated heterocycles. The van der Waals surface area contributed by atoms with Crippen LogP contribution in [0, 0.1) is 12.8 Å². The number of nitrogens with one attached hydrogen (secondary N) is 1. The lowest BCUT2D eigenvalue weighted by Gasteiger charge is -2.38. The number of carbonyl (C=O) groups is 1. The summed E-state index contributed by atoms with van der Waals surface area (Å²) >= 11 is 0. The highest BCUT2D eigenvalue weighted by Crippen LogP contribution is 2.38. The zero-order valence-electron chi connectivity index (χ0n) is 14.7. The molecule has 4 rings (SSSR count). The molecule has 0 unspecified atom stereocenters. The molecule has 1 atom stereocenters. The summed E-state index contributed by atoms with van der Waals surface area (Å²) in [5.41, 5.74) is 4.96. The maximum Gasteiger partial charge on any atom is 0.229 e. The molecule has 3 aromatic rings. The Balaban J connectivity index is 1.70. The van der Waals surface area contributed by atoms with Crippen molar-refractivity contribution < 1.29 is 9.42 Å². The minimum Gasteiger partial charge on any atom is -0.356 e. The van der Waals surface area contributed by atoms with Gasteiger partial charge in [-0.3, -0.25) is 4.79 Å². The van der Waals surface area contributed by atoms with E-state index in [9.17, 15) is 4.79 Å². The lowest BCUT2D eigenvalue weighted by Crippen LogP contribution is -2.43. The minimum absolute atomic E-state index is 0.0452. The number of aryl methyl sites for hydroxylation is 1. The van der Waals surface area contributed by atoms with Crippen LogP contribution >= 0.6 is 0 Å². The molecule has 1 aliphatic rings. The number of hydrogen-bond donors (Lipinski definition) is 1. The molecular formula is C19H22N4O2. The Kier molecular flexibility index (Phi) is 3.82. The predicted molar refractivity (Wildman–Crippen MR) is 94.0 cm³/mol. The summed E-state index contributed by atoms with van der Waals surface area (Å²) in [5, 5.41) is 8.90. The van der Waals surface area contributed by atoms with E-state index >= 15 is 0 Å². The van der Waals surface area contributed by atoms with Crippen LogP contribution in [0.25, 0.3) is 10.9 Å². The van der Waals surface area contributed by atoms with Crippen molar-refractivity contribution in [2.45, 2.75) is 39.7 Å². The number of aromatic nitrogens is 3. The molecule has 6 nitrogen and oxygen atoms in total. The Hall–Kier alpha value is -2.63. The summed E-state index contributed by atoms with van der Waals surface area (Å²) in [6, 6.07) is 8.41. The molecule has 0 radical (unpaired) electrons. The van der Waals surface area contributed by atoms with E-state index in [1.807, 2.05) is 17.9 Å². The van der Waals surface area contributed by atoms with Crippen LogP contribution in [-0.4, -0.2) is 32.6 Å². The minimum atomic E-state index is 0.0452. The van der Waals surface area contributed by atoms with Gasteiger partial charge in [-0.15, -0.1) is 0 Å². The van der Waals surface area contributed by atoms with E-state index in [-0.39, 0.29) is 18.4 Å². The number of amides is 1. The van der Waals surface area contributed by atoms with Crippen LogP contribution in [0.4, 0.5) is 0 Å². The number of H-pyrrole nitrogens is 1. The Morgan fingerprint density at radius 1 is 1.36 bits per heavy atom. The van der Waals surface area contributed by atoms with Gasteiger partial charge >= 0.3 is 0 Å². The topological polar surface area (TPSA) is 75.0 Å². The van der Waals surface area contributed by atoms with Crippen molar-refractivity contribution in [3.8, 4) is 0 Å². The summed E-state index contributed by atoms with van der Waals surface area (Å²) in [6.45, 7) is 6.86. The lowest BCUT2D eigenvalue weighted by atomic mass is 9.90. The number of para-hydroxylation sites is 1. The second kappa shape index (κ2) is 6.02. The third-order valence-electron chi connectivity index (χ3n) is 5.10. The Labute approximate surface area is 146 Å². The smallest absolute Gasteiger partial charge is 0.229 e. The van der Waals surface area contributed by atoms with Crippen molar-refractivity contribution in [1.82, 2.24) is 20.2 Å². The summed E-state index contributed by atoms with van der Waals surface area (Å²) < 4.78 is 4.73. The van der Waals surface area contributed by atoms with Crippen LogP contribution in [0.3, 0.4) is 0 Å². The first-order valence-corrected chi connectivity index (χ1v) is 8.73. The van der Waals surface area contributed by atoms with Gasteiger partial charge in [0.15, 0.2) is 0 Å².